The van der Waals surface area contributed by atoms with Crippen LogP contribution in [-0.4, -0.2) is 27.8 Å². The van der Waals surface area contributed by atoms with Gasteiger partial charge in [-0.05, 0) is 24.6 Å². The minimum atomic E-state index is -0.236. The van der Waals surface area contributed by atoms with Crippen LogP contribution >= 0.6 is 24.0 Å². The summed E-state index contributed by atoms with van der Waals surface area (Å²) in [7, 11) is 1.70. The molecule has 0 spiro atoms. The highest BCUT2D eigenvalue weighted by molar-refractivity contribution is 14.0. The first kappa shape index (κ1) is 18.3. The summed E-state index contributed by atoms with van der Waals surface area (Å²) in [6, 6.07) is 6.36. The summed E-state index contributed by atoms with van der Waals surface area (Å²) in [5, 5.41) is 14.3. The molecule has 0 saturated carbocycles. The van der Waals surface area contributed by atoms with E-state index in [9.17, 15) is 4.39 Å². The number of hydrogen-bond donors (Lipinski definition) is 2. The van der Waals surface area contributed by atoms with Crippen molar-refractivity contribution < 1.29 is 4.39 Å². The predicted octanol–water partition coefficient (Wildman–Crippen LogP) is 1.92. The molecule has 1 aromatic heterocycles. The van der Waals surface area contributed by atoms with Crippen molar-refractivity contribution in [2.75, 3.05) is 7.05 Å². The standard InChI is InChI=1S/C14H19FN6.HI/c1-3-21-10-19-20-13(21)9-18-14(16-2)17-8-11-4-6-12(15)7-5-11;/h4-7,10H,3,8-9H2,1-2H3,(H2,16,17,18);1H. The lowest BCUT2D eigenvalue weighted by Crippen LogP contribution is -2.37. The van der Waals surface area contributed by atoms with Gasteiger partial charge in [0.25, 0.3) is 0 Å². The SMILES string of the molecule is CCn1cnnc1CNC(=NC)NCc1ccc(F)cc1.I. The van der Waals surface area contributed by atoms with Crippen LogP contribution in [0.1, 0.15) is 18.3 Å². The minimum Gasteiger partial charge on any atom is -0.352 e. The Balaban J connectivity index is 0.00000242. The average molecular weight is 418 g/mol. The van der Waals surface area contributed by atoms with E-state index >= 15 is 0 Å². The third-order valence-corrected chi connectivity index (χ3v) is 3.05. The molecule has 8 heteroatoms. The Hall–Kier alpha value is -1.71. The molecule has 0 aliphatic heterocycles. The second-order valence-corrected chi connectivity index (χ2v) is 4.44. The molecular weight excluding hydrogens is 398 g/mol. The van der Waals surface area contributed by atoms with E-state index in [1.54, 1.807) is 25.5 Å². The van der Waals surface area contributed by atoms with E-state index in [1.807, 2.05) is 11.5 Å². The molecule has 22 heavy (non-hydrogen) atoms. The van der Waals surface area contributed by atoms with Crippen LogP contribution in [0.2, 0.25) is 0 Å². The summed E-state index contributed by atoms with van der Waals surface area (Å²) in [6.07, 6.45) is 1.70. The van der Waals surface area contributed by atoms with E-state index in [2.05, 4.69) is 25.8 Å². The first-order valence-corrected chi connectivity index (χ1v) is 6.78. The number of guanidine groups is 1. The smallest absolute Gasteiger partial charge is 0.191 e. The molecule has 0 atom stereocenters. The number of benzene rings is 1. The fourth-order valence-corrected chi connectivity index (χ4v) is 1.85. The number of aryl methyl sites for hydroxylation is 1. The van der Waals surface area contributed by atoms with Crippen molar-refractivity contribution in [2.24, 2.45) is 4.99 Å². The summed E-state index contributed by atoms with van der Waals surface area (Å²) < 4.78 is 14.8. The first-order chi connectivity index (χ1) is 10.2. The van der Waals surface area contributed by atoms with Gasteiger partial charge in [-0.15, -0.1) is 34.2 Å². The Labute approximate surface area is 146 Å². The fourth-order valence-electron chi connectivity index (χ4n) is 1.85. The normalized spacial score (nSPS) is 11.0. The molecule has 0 unspecified atom stereocenters. The number of rotatable bonds is 5. The molecular formula is C14H20FIN6. The van der Waals surface area contributed by atoms with Gasteiger partial charge in [0.15, 0.2) is 11.8 Å². The summed E-state index contributed by atoms with van der Waals surface area (Å²) in [5.74, 6) is 1.27. The molecule has 2 N–H and O–H groups in total. The number of hydrogen-bond acceptors (Lipinski definition) is 3. The molecule has 0 aliphatic rings. The van der Waals surface area contributed by atoms with Crippen molar-refractivity contribution in [1.29, 1.82) is 0 Å². The third-order valence-electron chi connectivity index (χ3n) is 3.05. The molecule has 1 heterocycles. The number of aliphatic imine (C=N–C) groups is 1. The second kappa shape index (κ2) is 9.34. The summed E-state index contributed by atoms with van der Waals surface area (Å²) in [6.45, 7) is 3.97. The fraction of sp³-hybridized carbons (Fsp3) is 0.357. The lowest BCUT2D eigenvalue weighted by Gasteiger charge is -2.12. The molecule has 0 aliphatic carbocycles. The Morgan fingerprint density at radius 2 is 1.91 bits per heavy atom. The molecule has 120 valence electrons. The van der Waals surface area contributed by atoms with Crippen LogP contribution < -0.4 is 10.6 Å². The van der Waals surface area contributed by atoms with Gasteiger partial charge in [-0.1, -0.05) is 12.1 Å². The van der Waals surface area contributed by atoms with Crippen LogP contribution in [0.3, 0.4) is 0 Å². The van der Waals surface area contributed by atoms with Crippen molar-refractivity contribution in [3.05, 3.63) is 47.8 Å². The van der Waals surface area contributed by atoms with Gasteiger partial charge in [0.1, 0.15) is 12.1 Å². The quantitative estimate of drug-likeness (QED) is 0.443. The molecule has 2 aromatic rings. The van der Waals surface area contributed by atoms with Gasteiger partial charge in [-0.2, -0.15) is 0 Å². The molecule has 2 rings (SSSR count). The number of nitrogens with one attached hydrogen (secondary N) is 2. The predicted molar refractivity (Wildman–Crippen MR) is 94.5 cm³/mol. The highest BCUT2D eigenvalue weighted by atomic mass is 127. The van der Waals surface area contributed by atoms with Crippen LogP contribution in [0.4, 0.5) is 4.39 Å². The van der Waals surface area contributed by atoms with Gasteiger partial charge in [0.05, 0.1) is 6.54 Å². The minimum absolute atomic E-state index is 0. The highest BCUT2D eigenvalue weighted by Gasteiger charge is 2.04. The summed E-state index contributed by atoms with van der Waals surface area (Å²) in [5.41, 5.74) is 0.982. The zero-order valence-corrected chi connectivity index (χ0v) is 14.9. The van der Waals surface area contributed by atoms with Crippen molar-refractivity contribution in [3.63, 3.8) is 0 Å². The second-order valence-electron chi connectivity index (χ2n) is 4.44. The van der Waals surface area contributed by atoms with Crippen LogP contribution in [0.25, 0.3) is 0 Å². The number of halogens is 2. The molecule has 0 fully saturated rings. The van der Waals surface area contributed by atoms with Crippen molar-refractivity contribution in [2.45, 2.75) is 26.6 Å². The Morgan fingerprint density at radius 3 is 2.55 bits per heavy atom. The topological polar surface area (TPSA) is 67.1 Å². The third kappa shape index (κ3) is 5.24. The largest absolute Gasteiger partial charge is 0.352 e. The molecule has 0 amide bonds. The maximum absolute atomic E-state index is 12.8. The van der Waals surface area contributed by atoms with Crippen LogP contribution in [0.15, 0.2) is 35.6 Å². The van der Waals surface area contributed by atoms with Crippen molar-refractivity contribution in [3.8, 4) is 0 Å². The zero-order chi connectivity index (χ0) is 15.1. The number of nitrogens with zero attached hydrogens (tertiary/aromatic N) is 4. The maximum atomic E-state index is 12.8. The van der Waals surface area contributed by atoms with Crippen LogP contribution in [-0.2, 0) is 19.6 Å². The van der Waals surface area contributed by atoms with E-state index in [4.69, 9.17) is 0 Å². The molecule has 0 bridgehead atoms. The molecule has 0 radical (unpaired) electrons. The van der Waals surface area contributed by atoms with Crippen LogP contribution in [0, 0.1) is 5.82 Å². The van der Waals surface area contributed by atoms with Crippen molar-refractivity contribution >= 4 is 29.9 Å². The van der Waals surface area contributed by atoms with Gasteiger partial charge in [0, 0.05) is 20.1 Å². The van der Waals surface area contributed by atoms with E-state index in [0.29, 0.717) is 19.0 Å². The lowest BCUT2D eigenvalue weighted by molar-refractivity contribution is 0.626. The van der Waals surface area contributed by atoms with E-state index in [1.165, 1.54) is 12.1 Å². The Bertz CT molecular complexity index is 596. The van der Waals surface area contributed by atoms with Gasteiger partial charge in [0.2, 0.25) is 0 Å². The monoisotopic (exact) mass is 418 g/mol. The van der Waals surface area contributed by atoms with Crippen molar-refractivity contribution in [1.82, 2.24) is 25.4 Å². The van der Waals surface area contributed by atoms with Gasteiger partial charge >= 0.3 is 0 Å². The Morgan fingerprint density at radius 1 is 1.23 bits per heavy atom. The molecule has 6 nitrogen and oxygen atoms in total. The van der Waals surface area contributed by atoms with E-state index in [0.717, 1.165) is 17.9 Å². The van der Waals surface area contributed by atoms with Gasteiger partial charge in [-0.25, -0.2) is 4.39 Å². The van der Waals surface area contributed by atoms with E-state index < -0.39 is 0 Å². The summed E-state index contributed by atoms with van der Waals surface area (Å²) >= 11 is 0. The molecule has 0 saturated heterocycles. The zero-order valence-electron chi connectivity index (χ0n) is 12.6. The lowest BCUT2D eigenvalue weighted by atomic mass is 10.2. The Kier molecular flexibility index (Phi) is 7.78. The first-order valence-electron chi connectivity index (χ1n) is 6.78. The molecule has 1 aromatic carbocycles. The number of aromatic nitrogens is 3. The van der Waals surface area contributed by atoms with Gasteiger partial charge < -0.3 is 15.2 Å². The average Bonchev–Trinajstić information content (AvgIpc) is 2.96. The van der Waals surface area contributed by atoms with Crippen LogP contribution in [0.5, 0.6) is 0 Å². The summed E-state index contributed by atoms with van der Waals surface area (Å²) in [4.78, 5) is 4.14. The highest BCUT2D eigenvalue weighted by Crippen LogP contribution is 2.02. The maximum Gasteiger partial charge on any atom is 0.191 e. The van der Waals surface area contributed by atoms with Gasteiger partial charge in [-0.3, -0.25) is 4.99 Å². The van der Waals surface area contributed by atoms with E-state index in [-0.39, 0.29) is 29.8 Å².